The fourth-order valence-corrected chi connectivity index (χ4v) is 6.47. The van der Waals surface area contributed by atoms with Crippen molar-refractivity contribution in [2.75, 3.05) is 17.9 Å². The van der Waals surface area contributed by atoms with Crippen molar-refractivity contribution in [3.8, 4) is 0 Å². The van der Waals surface area contributed by atoms with Gasteiger partial charge in [0, 0.05) is 25.0 Å². The molecule has 0 saturated carbocycles. The number of benzene rings is 4. The van der Waals surface area contributed by atoms with E-state index in [-0.39, 0.29) is 29.5 Å². The van der Waals surface area contributed by atoms with Crippen LogP contribution in [0.1, 0.15) is 27.8 Å². The molecule has 0 unspecified atom stereocenters. The summed E-state index contributed by atoms with van der Waals surface area (Å²) in [7, 11) is -2.67. The standard InChI is InChI=1S/C34H36ClN3O4S/c1-24-13-17-28(18-14-24)22-37(32(34(40)36-4)21-27-9-6-5-7-10-27)33(39)23-38(31-12-8-11-30(35)26(31)3)43(41,42)29-19-15-25(2)16-20-29/h5-20,32H,21-23H2,1-4H3,(H,36,40)/t32-/m1/s1. The van der Waals surface area contributed by atoms with Crippen LogP contribution in [-0.2, 0) is 32.6 Å². The van der Waals surface area contributed by atoms with Crippen LogP contribution in [0.2, 0.25) is 5.02 Å². The topological polar surface area (TPSA) is 86.8 Å². The highest BCUT2D eigenvalue weighted by atomic mass is 35.5. The first kappa shape index (κ1) is 31.8. The molecule has 2 amide bonds. The molecule has 1 atom stereocenters. The van der Waals surface area contributed by atoms with Crippen LogP contribution < -0.4 is 9.62 Å². The van der Waals surface area contributed by atoms with Crippen molar-refractivity contribution in [1.29, 1.82) is 0 Å². The number of carbonyl (C=O) groups excluding carboxylic acids is 2. The van der Waals surface area contributed by atoms with Gasteiger partial charge in [0.1, 0.15) is 12.6 Å². The van der Waals surface area contributed by atoms with Gasteiger partial charge in [-0.1, -0.05) is 95.5 Å². The molecule has 0 aliphatic carbocycles. The van der Waals surface area contributed by atoms with Gasteiger partial charge in [-0.25, -0.2) is 8.42 Å². The first-order chi connectivity index (χ1) is 20.5. The average Bonchev–Trinajstić information content (AvgIpc) is 3.00. The molecular formula is C34H36ClN3O4S. The monoisotopic (exact) mass is 617 g/mol. The molecule has 0 spiro atoms. The van der Waals surface area contributed by atoms with Crippen LogP contribution in [-0.4, -0.2) is 44.8 Å². The van der Waals surface area contributed by atoms with Gasteiger partial charge in [0.2, 0.25) is 11.8 Å². The predicted molar refractivity (Wildman–Crippen MR) is 172 cm³/mol. The minimum Gasteiger partial charge on any atom is -0.357 e. The number of carbonyl (C=O) groups is 2. The van der Waals surface area contributed by atoms with E-state index in [1.165, 1.54) is 24.1 Å². The lowest BCUT2D eigenvalue weighted by Gasteiger charge is -2.34. The van der Waals surface area contributed by atoms with Gasteiger partial charge in [-0.3, -0.25) is 13.9 Å². The lowest BCUT2D eigenvalue weighted by Crippen LogP contribution is -2.53. The van der Waals surface area contributed by atoms with Crippen LogP contribution in [0.5, 0.6) is 0 Å². The maximum absolute atomic E-state index is 14.4. The summed E-state index contributed by atoms with van der Waals surface area (Å²) in [6.07, 6.45) is 0.249. The van der Waals surface area contributed by atoms with Crippen molar-refractivity contribution in [2.45, 2.75) is 44.7 Å². The van der Waals surface area contributed by atoms with Crippen molar-refractivity contribution in [3.63, 3.8) is 0 Å². The van der Waals surface area contributed by atoms with E-state index in [1.54, 1.807) is 37.3 Å². The molecule has 0 saturated heterocycles. The quantitative estimate of drug-likeness (QED) is 0.229. The number of rotatable bonds is 11. The first-order valence-electron chi connectivity index (χ1n) is 14.0. The number of hydrogen-bond acceptors (Lipinski definition) is 4. The molecule has 0 heterocycles. The molecule has 7 nitrogen and oxygen atoms in total. The van der Waals surface area contributed by atoms with Gasteiger partial charge in [0.15, 0.2) is 0 Å². The molecule has 0 bridgehead atoms. The van der Waals surface area contributed by atoms with E-state index < -0.39 is 28.5 Å². The number of anilines is 1. The van der Waals surface area contributed by atoms with E-state index >= 15 is 0 Å². The number of aryl methyl sites for hydroxylation is 2. The Balaban J connectivity index is 1.81. The third-order valence-corrected chi connectivity index (χ3v) is 9.57. The van der Waals surface area contributed by atoms with E-state index in [1.807, 2.05) is 68.4 Å². The molecule has 0 fully saturated rings. The predicted octanol–water partition coefficient (Wildman–Crippen LogP) is 5.85. The van der Waals surface area contributed by atoms with Crippen LogP contribution in [0.15, 0.2) is 102 Å². The Kier molecular flexibility index (Phi) is 10.3. The van der Waals surface area contributed by atoms with Crippen LogP contribution in [0.3, 0.4) is 0 Å². The normalized spacial score (nSPS) is 11.9. The van der Waals surface area contributed by atoms with Crippen molar-refractivity contribution in [3.05, 3.63) is 130 Å². The zero-order valence-corrected chi connectivity index (χ0v) is 26.3. The van der Waals surface area contributed by atoms with Crippen molar-refractivity contribution < 1.29 is 18.0 Å². The van der Waals surface area contributed by atoms with Crippen molar-refractivity contribution in [2.24, 2.45) is 0 Å². The summed E-state index contributed by atoms with van der Waals surface area (Å²) >= 11 is 6.43. The van der Waals surface area contributed by atoms with Gasteiger partial charge in [0.05, 0.1) is 10.6 Å². The highest BCUT2D eigenvalue weighted by Crippen LogP contribution is 2.31. The molecule has 224 valence electrons. The number of likely N-dealkylation sites (N-methyl/N-ethyl adjacent to an activating group) is 1. The van der Waals surface area contributed by atoms with E-state index in [0.717, 1.165) is 26.6 Å². The van der Waals surface area contributed by atoms with Crippen molar-refractivity contribution in [1.82, 2.24) is 10.2 Å². The maximum atomic E-state index is 14.4. The second-order valence-electron chi connectivity index (χ2n) is 10.5. The summed E-state index contributed by atoms with van der Waals surface area (Å²) in [5.41, 5.74) is 4.45. The summed E-state index contributed by atoms with van der Waals surface area (Å²) in [4.78, 5) is 29.3. The zero-order chi connectivity index (χ0) is 31.1. The molecule has 0 aliphatic heterocycles. The first-order valence-corrected chi connectivity index (χ1v) is 15.8. The molecule has 43 heavy (non-hydrogen) atoms. The molecule has 4 aromatic rings. The van der Waals surface area contributed by atoms with Gasteiger partial charge < -0.3 is 10.2 Å². The molecule has 4 aromatic carbocycles. The van der Waals surface area contributed by atoms with Gasteiger partial charge in [-0.2, -0.15) is 0 Å². The fraction of sp³-hybridized carbons (Fsp3) is 0.235. The Morgan fingerprint density at radius 2 is 1.40 bits per heavy atom. The summed E-state index contributed by atoms with van der Waals surface area (Å²) in [5.74, 6) is -0.878. The second-order valence-corrected chi connectivity index (χ2v) is 12.8. The lowest BCUT2D eigenvalue weighted by molar-refractivity contribution is -0.139. The van der Waals surface area contributed by atoms with E-state index in [4.69, 9.17) is 11.6 Å². The van der Waals surface area contributed by atoms with Crippen LogP contribution >= 0.6 is 11.6 Å². The molecular weight excluding hydrogens is 582 g/mol. The number of nitrogens with zero attached hydrogens (tertiary/aromatic N) is 2. The molecule has 0 radical (unpaired) electrons. The minimum absolute atomic E-state index is 0.0440. The molecule has 4 rings (SSSR count). The molecule has 0 aromatic heterocycles. The third kappa shape index (κ3) is 7.63. The highest BCUT2D eigenvalue weighted by Gasteiger charge is 2.35. The SMILES string of the molecule is CNC(=O)[C@@H](Cc1ccccc1)N(Cc1ccc(C)cc1)C(=O)CN(c1cccc(Cl)c1C)S(=O)(=O)c1ccc(C)cc1. The Labute approximate surface area is 259 Å². The van der Waals surface area contributed by atoms with Crippen molar-refractivity contribution >= 4 is 39.1 Å². The maximum Gasteiger partial charge on any atom is 0.264 e. The van der Waals surface area contributed by atoms with Gasteiger partial charge >= 0.3 is 0 Å². The summed E-state index contributed by atoms with van der Waals surface area (Å²) in [6.45, 7) is 5.12. The zero-order valence-electron chi connectivity index (χ0n) is 24.7. The Morgan fingerprint density at radius 3 is 2.00 bits per heavy atom. The smallest absolute Gasteiger partial charge is 0.264 e. The van der Waals surface area contributed by atoms with Gasteiger partial charge in [-0.15, -0.1) is 0 Å². The van der Waals surface area contributed by atoms with Crippen LogP contribution in [0.4, 0.5) is 5.69 Å². The lowest BCUT2D eigenvalue weighted by atomic mass is 10.0. The van der Waals surface area contributed by atoms with Gasteiger partial charge in [-0.05, 0) is 61.7 Å². The summed E-state index contributed by atoms with van der Waals surface area (Å²) in [5, 5.41) is 3.07. The molecule has 1 N–H and O–H groups in total. The van der Waals surface area contributed by atoms with Crippen LogP contribution in [0, 0.1) is 20.8 Å². The van der Waals surface area contributed by atoms with Gasteiger partial charge in [0.25, 0.3) is 10.0 Å². The number of halogens is 1. The van der Waals surface area contributed by atoms with E-state index in [2.05, 4.69) is 5.32 Å². The Hall–Kier alpha value is -4.14. The average molecular weight is 618 g/mol. The minimum atomic E-state index is -4.20. The number of sulfonamides is 1. The number of nitrogens with one attached hydrogen (secondary N) is 1. The molecule has 9 heteroatoms. The number of amides is 2. The van der Waals surface area contributed by atoms with E-state index in [9.17, 15) is 18.0 Å². The molecule has 0 aliphatic rings. The van der Waals surface area contributed by atoms with Crippen LogP contribution in [0.25, 0.3) is 0 Å². The third-order valence-electron chi connectivity index (χ3n) is 7.39. The van der Waals surface area contributed by atoms with E-state index in [0.29, 0.717) is 10.6 Å². The Bertz CT molecular complexity index is 1680. The second kappa shape index (κ2) is 13.9. The summed E-state index contributed by atoms with van der Waals surface area (Å²) in [6, 6.07) is 27.6. The fourth-order valence-electron chi connectivity index (χ4n) is 4.83. The largest absolute Gasteiger partial charge is 0.357 e. The number of hydrogen-bond donors (Lipinski definition) is 1. The highest BCUT2D eigenvalue weighted by molar-refractivity contribution is 7.92. The Morgan fingerprint density at radius 1 is 0.791 bits per heavy atom. The summed E-state index contributed by atoms with van der Waals surface area (Å²) < 4.78 is 29.4.